The number of rotatable bonds is 7. The van der Waals surface area contributed by atoms with Gasteiger partial charge >= 0.3 is 0 Å². The molecule has 2 atom stereocenters. The molecular weight excluding hydrogens is 392 g/mol. The molecule has 30 heavy (non-hydrogen) atoms. The highest BCUT2D eigenvalue weighted by Gasteiger charge is 2.34. The van der Waals surface area contributed by atoms with Crippen molar-refractivity contribution >= 4 is 16.9 Å². The molecule has 1 saturated heterocycles. The van der Waals surface area contributed by atoms with E-state index in [0.717, 1.165) is 4.90 Å². The minimum absolute atomic E-state index is 0.100. The Kier molecular flexibility index (Phi) is 8.46. The van der Waals surface area contributed by atoms with Gasteiger partial charge in [-0.1, -0.05) is 84.7 Å². The van der Waals surface area contributed by atoms with Crippen molar-refractivity contribution in [2.45, 2.75) is 115 Å². The molecule has 0 radical (unpaired) electrons. The smallest absolute Gasteiger partial charge is 0.196 e. The highest BCUT2D eigenvalue weighted by atomic mass is 32.2. The predicted molar refractivity (Wildman–Crippen MR) is 125 cm³/mol. The molecule has 3 rings (SSSR count). The van der Waals surface area contributed by atoms with Crippen LogP contribution in [0.5, 0.6) is 0 Å². The summed E-state index contributed by atoms with van der Waals surface area (Å²) in [7, 11) is 0. The van der Waals surface area contributed by atoms with Crippen molar-refractivity contribution in [2.75, 3.05) is 6.61 Å². The van der Waals surface area contributed by atoms with Gasteiger partial charge in [-0.15, -0.1) is 0 Å². The van der Waals surface area contributed by atoms with E-state index in [-0.39, 0.29) is 17.5 Å². The lowest BCUT2D eigenvalue weighted by atomic mass is 9.89. The maximum Gasteiger partial charge on any atom is 0.196 e. The normalized spacial score (nSPS) is 23.1. The summed E-state index contributed by atoms with van der Waals surface area (Å²) < 4.78 is 12.1. The van der Waals surface area contributed by atoms with E-state index in [0.29, 0.717) is 36.7 Å². The Labute approximate surface area is 187 Å². The van der Waals surface area contributed by atoms with Gasteiger partial charge in [0.25, 0.3) is 0 Å². The van der Waals surface area contributed by atoms with Crippen molar-refractivity contribution in [3.63, 3.8) is 0 Å². The molecule has 1 saturated carbocycles. The third-order valence-electron chi connectivity index (χ3n) is 6.50. The average Bonchev–Trinajstić information content (AvgIpc) is 3.16. The van der Waals surface area contributed by atoms with Gasteiger partial charge in [-0.25, -0.2) is 0 Å². The van der Waals surface area contributed by atoms with E-state index >= 15 is 0 Å². The number of carbonyl (C=O) groups excluding carboxylic acids is 1. The zero-order valence-corrected chi connectivity index (χ0v) is 20.5. The summed E-state index contributed by atoms with van der Waals surface area (Å²) in [5, 5.41) is 0.189. The molecule has 2 aliphatic rings. The topological polar surface area (TPSA) is 35.5 Å². The number of benzene rings is 1. The summed E-state index contributed by atoms with van der Waals surface area (Å²) in [6, 6.07) is 4.62. The van der Waals surface area contributed by atoms with Crippen molar-refractivity contribution in [2.24, 2.45) is 5.92 Å². The molecule has 0 bridgehead atoms. The molecule has 1 aromatic carbocycles. The molecule has 0 unspecified atom stereocenters. The van der Waals surface area contributed by atoms with Crippen LogP contribution < -0.4 is 0 Å². The lowest BCUT2D eigenvalue weighted by Crippen LogP contribution is -2.25. The van der Waals surface area contributed by atoms with Crippen LogP contribution in [0.1, 0.15) is 115 Å². The van der Waals surface area contributed by atoms with Crippen molar-refractivity contribution in [1.29, 1.82) is 0 Å². The van der Waals surface area contributed by atoms with Crippen LogP contribution >= 0.6 is 11.8 Å². The average molecular weight is 433 g/mol. The molecule has 2 fully saturated rings. The van der Waals surface area contributed by atoms with E-state index < -0.39 is 0 Å². The minimum atomic E-state index is -0.101. The van der Waals surface area contributed by atoms with Crippen molar-refractivity contribution in [1.82, 2.24) is 0 Å². The Hall–Kier alpha value is -0.840. The van der Waals surface area contributed by atoms with Gasteiger partial charge < -0.3 is 9.47 Å². The van der Waals surface area contributed by atoms with E-state index in [9.17, 15) is 4.79 Å². The number of ether oxygens (including phenoxy) is 2. The Bertz CT molecular complexity index is 690. The third kappa shape index (κ3) is 5.89. The summed E-state index contributed by atoms with van der Waals surface area (Å²) >= 11 is 1.42. The Morgan fingerprint density at radius 2 is 1.57 bits per heavy atom. The van der Waals surface area contributed by atoms with Crippen LogP contribution in [-0.2, 0) is 14.3 Å². The Morgan fingerprint density at radius 1 is 0.967 bits per heavy atom. The maximum absolute atomic E-state index is 13.0. The van der Waals surface area contributed by atoms with Crippen LogP contribution in [0.4, 0.5) is 0 Å². The van der Waals surface area contributed by atoms with Crippen LogP contribution in [0.2, 0.25) is 0 Å². The number of hydrogen-bond acceptors (Lipinski definition) is 4. The molecule has 0 amide bonds. The first kappa shape index (κ1) is 23.8. The van der Waals surface area contributed by atoms with Gasteiger partial charge in [0.2, 0.25) is 0 Å². The second-order valence-corrected chi connectivity index (χ2v) is 11.1. The van der Waals surface area contributed by atoms with Gasteiger partial charge in [0.05, 0.1) is 12.7 Å². The van der Waals surface area contributed by atoms with Gasteiger partial charge in [0.15, 0.2) is 11.4 Å². The van der Waals surface area contributed by atoms with Crippen molar-refractivity contribution in [3.05, 3.63) is 28.8 Å². The maximum atomic E-state index is 13.0. The lowest BCUT2D eigenvalue weighted by molar-refractivity contribution is -0.118. The molecular formula is C26H40O3S. The fourth-order valence-corrected chi connectivity index (χ4v) is 5.90. The van der Waals surface area contributed by atoms with E-state index in [2.05, 4.69) is 53.7 Å². The fraction of sp³-hybridized carbons (Fsp3) is 0.731. The fourth-order valence-electron chi connectivity index (χ4n) is 4.58. The summed E-state index contributed by atoms with van der Waals surface area (Å²) in [6.45, 7) is 13.9. The van der Waals surface area contributed by atoms with E-state index in [1.54, 1.807) is 0 Å². The zero-order chi connectivity index (χ0) is 21.8. The quantitative estimate of drug-likeness (QED) is 0.421. The second kappa shape index (κ2) is 10.7. The summed E-state index contributed by atoms with van der Waals surface area (Å²) in [6.07, 6.45) is 6.48. The number of thioether (sulfide) groups is 1. The molecule has 168 valence electrons. The highest BCUT2D eigenvalue weighted by molar-refractivity contribution is 8.13. The van der Waals surface area contributed by atoms with Crippen LogP contribution in [0.15, 0.2) is 17.0 Å². The van der Waals surface area contributed by atoms with Crippen molar-refractivity contribution in [3.8, 4) is 0 Å². The molecule has 4 heteroatoms. The molecule has 3 nitrogen and oxygen atoms in total. The summed E-state index contributed by atoms with van der Waals surface area (Å²) in [4.78, 5) is 14.2. The Balaban J connectivity index is 1.70. The molecule has 0 spiro atoms. The van der Waals surface area contributed by atoms with Gasteiger partial charge in [-0.2, -0.15) is 0 Å². The van der Waals surface area contributed by atoms with Gasteiger partial charge in [-0.05, 0) is 47.3 Å². The van der Waals surface area contributed by atoms with Gasteiger partial charge in [0, 0.05) is 17.2 Å². The van der Waals surface area contributed by atoms with Crippen LogP contribution in [-0.4, -0.2) is 24.1 Å². The first-order valence-electron chi connectivity index (χ1n) is 11.9. The van der Waals surface area contributed by atoms with Crippen LogP contribution in [0.25, 0.3) is 0 Å². The molecule has 1 heterocycles. The monoisotopic (exact) mass is 432 g/mol. The lowest BCUT2D eigenvalue weighted by Gasteiger charge is -2.26. The molecule has 0 aromatic heterocycles. The van der Waals surface area contributed by atoms with E-state index in [1.165, 1.54) is 60.6 Å². The summed E-state index contributed by atoms with van der Waals surface area (Å²) in [5.41, 5.74) is 3.96. The Morgan fingerprint density at radius 3 is 2.10 bits per heavy atom. The third-order valence-corrected chi connectivity index (χ3v) is 7.57. The molecule has 1 aromatic rings. The number of carbonyl (C=O) groups is 1. The first-order valence-corrected chi connectivity index (χ1v) is 12.7. The SMILES string of the molecule is CC(C)c1cc(C(C)C)c(SC(=O)C[C@H]2CO[C@H](C3CCCCC3)O2)c(C(C)C)c1. The minimum Gasteiger partial charge on any atom is -0.350 e. The van der Waals surface area contributed by atoms with Crippen LogP contribution in [0, 0.1) is 5.92 Å². The largest absolute Gasteiger partial charge is 0.350 e. The van der Waals surface area contributed by atoms with Gasteiger partial charge in [0.1, 0.15) is 0 Å². The van der Waals surface area contributed by atoms with E-state index in [1.807, 2.05) is 0 Å². The van der Waals surface area contributed by atoms with Gasteiger partial charge in [-0.3, -0.25) is 4.79 Å². The van der Waals surface area contributed by atoms with E-state index in [4.69, 9.17) is 9.47 Å². The second-order valence-electron chi connectivity index (χ2n) is 10.0. The summed E-state index contributed by atoms with van der Waals surface area (Å²) in [5.74, 6) is 1.77. The zero-order valence-electron chi connectivity index (χ0n) is 19.7. The van der Waals surface area contributed by atoms with Crippen molar-refractivity contribution < 1.29 is 14.3 Å². The molecule has 0 N–H and O–H groups in total. The first-order chi connectivity index (χ1) is 14.3. The highest BCUT2D eigenvalue weighted by Crippen LogP contribution is 2.40. The standard InChI is InChI=1S/C26H40O3S/c1-16(2)20-12-22(17(3)4)25(23(13-20)18(5)6)30-24(27)14-21-15-28-26(29-21)19-10-8-7-9-11-19/h12-13,16-19,21,26H,7-11,14-15H2,1-6H3/t21-,26-/m0/s1. The van der Waals surface area contributed by atoms with Crippen LogP contribution in [0.3, 0.4) is 0 Å². The number of hydrogen-bond donors (Lipinski definition) is 0. The predicted octanol–water partition coefficient (Wildman–Crippen LogP) is 7.39. The molecule has 1 aliphatic heterocycles. The molecule has 1 aliphatic carbocycles.